The summed E-state index contributed by atoms with van der Waals surface area (Å²) in [5.41, 5.74) is 8.62. The SMILES string of the molecule is CCCN(CO)c1nc(NCc2ccccc2N)c2n[nH]nc2n1. The molecule has 1 aromatic carbocycles. The highest BCUT2D eigenvalue weighted by Crippen LogP contribution is 2.21. The minimum absolute atomic E-state index is 0.164. The van der Waals surface area contributed by atoms with E-state index < -0.39 is 0 Å². The zero-order chi connectivity index (χ0) is 16.9. The van der Waals surface area contributed by atoms with E-state index in [9.17, 15) is 5.11 Å². The van der Waals surface area contributed by atoms with Gasteiger partial charge in [0.1, 0.15) is 6.73 Å². The molecule has 0 aliphatic carbocycles. The van der Waals surface area contributed by atoms with Gasteiger partial charge in [0.05, 0.1) is 0 Å². The maximum Gasteiger partial charge on any atom is 0.231 e. The number of hydrogen-bond donors (Lipinski definition) is 4. The average molecular weight is 328 g/mol. The van der Waals surface area contributed by atoms with Gasteiger partial charge in [0.15, 0.2) is 11.3 Å². The molecule has 3 aromatic rings. The highest BCUT2D eigenvalue weighted by atomic mass is 16.3. The van der Waals surface area contributed by atoms with Crippen LogP contribution in [0.2, 0.25) is 0 Å². The Balaban J connectivity index is 1.91. The molecule has 9 heteroatoms. The van der Waals surface area contributed by atoms with Crippen molar-refractivity contribution in [2.75, 3.05) is 29.2 Å². The van der Waals surface area contributed by atoms with E-state index in [1.165, 1.54) is 0 Å². The van der Waals surface area contributed by atoms with Crippen molar-refractivity contribution in [3.8, 4) is 0 Å². The second kappa shape index (κ2) is 7.09. The summed E-state index contributed by atoms with van der Waals surface area (Å²) in [6.45, 7) is 3.00. The van der Waals surface area contributed by atoms with Crippen molar-refractivity contribution in [1.82, 2.24) is 25.4 Å². The van der Waals surface area contributed by atoms with E-state index in [0.29, 0.717) is 41.7 Å². The zero-order valence-electron chi connectivity index (χ0n) is 13.4. The summed E-state index contributed by atoms with van der Waals surface area (Å²) in [5, 5.41) is 23.4. The third kappa shape index (κ3) is 3.20. The molecule has 0 spiro atoms. The van der Waals surface area contributed by atoms with E-state index in [2.05, 4.69) is 30.7 Å². The number of hydrogen-bond acceptors (Lipinski definition) is 8. The summed E-state index contributed by atoms with van der Waals surface area (Å²) in [6, 6.07) is 7.62. The topological polar surface area (TPSA) is 129 Å². The van der Waals surface area contributed by atoms with Crippen LogP contribution in [0, 0.1) is 0 Å². The number of fused-ring (bicyclic) bond motifs is 1. The van der Waals surface area contributed by atoms with E-state index in [1.54, 1.807) is 4.90 Å². The first-order valence-electron chi connectivity index (χ1n) is 7.74. The molecule has 0 atom stereocenters. The number of nitrogens with two attached hydrogens (primary N) is 1. The molecular formula is C15H20N8O. The lowest BCUT2D eigenvalue weighted by molar-refractivity contribution is 0.288. The fourth-order valence-corrected chi connectivity index (χ4v) is 2.38. The van der Waals surface area contributed by atoms with Crippen molar-refractivity contribution in [2.24, 2.45) is 0 Å². The molecule has 5 N–H and O–H groups in total. The Bertz CT molecular complexity index is 818. The molecule has 0 amide bonds. The number of aromatic amines is 1. The van der Waals surface area contributed by atoms with Crippen LogP contribution >= 0.6 is 0 Å². The van der Waals surface area contributed by atoms with Crippen LogP contribution in [0.4, 0.5) is 17.5 Å². The Labute approximate surface area is 138 Å². The number of para-hydroxylation sites is 1. The van der Waals surface area contributed by atoms with Gasteiger partial charge in [-0.25, -0.2) is 0 Å². The lowest BCUT2D eigenvalue weighted by Gasteiger charge is -2.19. The maximum absolute atomic E-state index is 9.53. The van der Waals surface area contributed by atoms with Gasteiger partial charge in [-0.05, 0) is 18.1 Å². The van der Waals surface area contributed by atoms with Crippen LogP contribution < -0.4 is 16.0 Å². The Morgan fingerprint density at radius 3 is 2.83 bits per heavy atom. The summed E-state index contributed by atoms with van der Waals surface area (Å²) < 4.78 is 0. The molecular weight excluding hydrogens is 308 g/mol. The lowest BCUT2D eigenvalue weighted by atomic mass is 10.2. The van der Waals surface area contributed by atoms with Gasteiger partial charge in [-0.3, -0.25) is 0 Å². The minimum Gasteiger partial charge on any atom is -0.398 e. The fraction of sp³-hybridized carbons (Fsp3) is 0.333. The van der Waals surface area contributed by atoms with E-state index in [-0.39, 0.29) is 6.73 Å². The van der Waals surface area contributed by atoms with Crippen molar-refractivity contribution < 1.29 is 5.11 Å². The van der Waals surface area contributed by atoms with Crippen LogP contribution in [-0.4, -0.2) is 43.8 Å². The number of benzene rings is 1. The van der Waals surface area contributed by atoms with Crippen molar-refractivity contribution in [2.45, 2.75) is 19.9 Å². The summed E-state index contributed by atoms with van der Waals surface area (Å²) >= 11 is 0. The molecule has 126 valence electrons. The van der Waals surface area contributed by atoms with Gasteiger partial charge in [0.2, 0.25) is 11.6 Å². The molecule has 0 fully saturated rings. The predicted molar refractivity (Wildman–Crippen MR) is 92.4 cm³/mol. The molecule has 0 saturated heterocycles. The standard InChI is InChI=1S/C15H20N8O/c1-2-7-23(9-24)15-18-13(12-14(19-15)21-22-20-12)17-8-10-5-3-4-6-11(10)16/h3-6,24H,2,7-9,16H2,1H3,(H2,17,18,19,20,21,22). The van der Waals surface area contributed by atoms with Crippen LogP contribution in [-0.2, 0) is 6.54 Å². The van der Waals surface area contributed by atoms with Gasteiger partial charge in [-0.1, -0.05) is 25.1 Å². The van der Waals surface area contributed by atoms with Crippen LogP contribution in [0.15, 0.2) is 24.3 Å². The van der Waals surface area contributed by atoms with Gasteiger partial charge in [0.25, 0.3) is 0 Å². The number of anilines is 3. The molecule has 0 bridgehead atoms. The third-order valence-electron chi connectivity index (χ3n) is 3.62. The molecule has 24 heavy (non-hydrogen) atoms. The van der Waals surface area contributed by atoms with Gasteiger partial charge < -0.3 is 21.1 Å². The molecule has 3 rings (SSSR count). The van der Waals surface area contributed by atoms with E-state index in [0.717, 1.165) is 12.0 Å². The Kier molecular flexibility index (Phi) is 4.71. The monoisotopic (exact) mass is 328 g/mol. The first-order chi connectivity index (χ1) is 11.7. The van der Waals surface area contributed by atoms with Crippen molar-refractivity contribution >= 4 is 28.6 Å². The maximum atomic E-state index is 9.53. The highest BCUT2D eigenvalue weighted by molar-refractivity contribution is 5.83. The fourth-order valence-electron chi connectivity index (χ4n) is 2.38. The quantitative estimate of drug-likeness (QED) is 0.375. The van der Waals surface area contributed by atoms with Gasteiger partial charge in [-0.2, -0.15) is 20.3 Å². The molecule has 0 radical (unpaired) electrons. The highest BCUT2D eigenvalue weighted by Gasteiger charge is 2.15. The summed E-state index contributed by atoms with van der Waals surface area (Å²) in [6.07, 6.45) is 0.865. The summed E-state index contributed by atoms with van der Waals surface area (Å²) in [7, 11) is 0. The van der Waals surface area contributed by atoms with Gasteiger partial charge >= 0.3 is 0 Å². The van der Waals surface area contributed by atoms with E-state index in [4.69, 9.17) is 5.73 Å². The largest absolute Gasteiger partial charge is 0.398 e. The minimum atomic E-state index is -0.164. The van der Waals surface area contributed by atoms with Crippen LogP contribution in [0.3, 0.4) is 0 Å². The Morgan fingerprint density at radius 2 is 2.08 bits per heavy atom. The number of aromatic nitrogens is 5. The van der Waals surface area contributed by atoms with Gasteiger partial charge in [0, 0.05) is 18.8 Å². The van der Waals surface area contributed by atoms with Crippen LogP contribution in [0.5, 0.6) is 0 Å². The zero-order valence-corrected chi connectivity index (χ0v) is 13.4. The van der Waals surface area contributed by atoms with Crippen molar-refractivity contribution in [3.05, 3.63) is 29.8 Å². The number of aliphatic hydroxyl groups is 1. The number of aliphatic hydroxyl groups excluding tert-OH is 1. The number of nitrogens with zero attached hydrogens (tertiary/aromatic N) is 5. The first kappa shape index (κ1) is 15.9. The third-order valence-corrected chi connectivity index (χ3v) is 3.62. The summed E-state index contributed by atoms with van der Waals surface area (Å²) in [5.74, 6) is 0.950. The molecule has 2 aromatic heterocycles. The van der Waals surface area contributed by atoms with Crippen LogP contribution in [0.25, 0.3) is 11.2 Å². The summed E-state index contributed by atoms with van der Waals surface area (Å²) in [4.78, 5) is 10.5. The Morgan fingerprint density at radius 1 is 1.25 bits per heavy atom. The molecule has 0 aliphatic heterocycles. The second-order valence-electron chi connectivity index (χ2n) is 5.33. The van der Waals surface area contributed by atoms with E-state index in [1.807, 2.05) is 31.2 Å². The second-order valence-corrected chi connectivity index (χ2v) is 5.33. The molecule has 9 nitrogen and oxygen atoms in total. The van der Waals surface area contributed by atoms with Crippen molar-refractivity contribution in [1.29, 1.82) is 0 Å². The van der Waals surface area contributed by atoms with Gasteiger partial charge in [-0.15, -0.1) is 5.10 Å². The number of H-pyrrole nitrogens is 1. The molecule has 0 aliphatic rings. The van der Waals surface area contributed by atoms with Crippen molar-refractivity contribution in [3.63, 3.8) is 0 Å². The van der Waals surface area contributed by atoms with Crippen LogP contribution in [0.1, 0.15) is 18.9 Å². The number of nitrogen functional groups attached to an aromatic ring is 1. The lowest BCUT2D eigenvalue weighted by Crippen LogP contribution is -2.27. The Hall–Kier alpha value is -2.94. The number of nitrogens with one attached hydrogen (secondary N) is 2. The van der Waals surface area contributed by atoms with E-state index >= 15 is 0 Å². The molecule has 0 saturated carbocycles. The number of rotatable bonds is 7. The molecule has 0 unspecified atom stereocenters. The molecule has 2 heterocycles. The predicted octanol–water partition coefficient (Wildman–Crippen LogP) is 1.11. The average Bonchev–Trinajstić information content (AvgIpc) is 3.07. The first-order valence-corrected chi connectivity index (χ1v) is 7.74. The smallest absolute Gasteiger partial charge is 0.231 e. The normalized spacial score (nSPS) is 10.9.